The molecule has 0 bridgehead atoms. The second-order valence-electron chi connectivity index (χ2n) is 6.21. The van der Waals surface area contributed by atoms with Crippen LogP contribution in [0.15, 0.2) is 42.5 Å². The van der Waals surface area contributed by atoms with Gasteiger partial charge >= 0.3 is 11.8 Å². The highest BCUT2D eigenvalue weighted by molar-refractivity contribution is 6.39. The number of hydrogen-bond donors (Lipinski definition) is 2. The summed E-state index contributed by atoms with van der Waals surface area (Å²) in [6.07, 6.45) is 0. The first-order valence-electron chi connectivity index (χ1n) is 8.47. The highest BCUT2D eigenvalue weighted by atomic mass is 16.5. The minimum absolute atomic E-state index is 0.379. The average Bonchev–Trinajstić information content (AvgIpc) is 2.67. The van der Waals surface area contributed by atoms with E-state index in [4.69, 9.17) is 9.47 Å². The number of ether oxygens (including phenoxy) is 2. The summed E-state index contributed by atoms with van der Waals surface area (Å²) in [7, 11) is 6.90. The fourth-order valence-corrected chi connectivity index (χ4v) is 2.52. The molecule has 0 radical (unpaired) electrons. The summed E-state index contributed by atoms with van der Waals surface area (Å²) >= 11 is 0. The molecular weight excluding hydrogens is 346 g/mol. The van der Waals surface area contributed by atoms with E-state index in [1.165, 1.54) is 0 Å². The van der Waals surface area contributed by atoms with Gasteiger partial charge in [0.25, 0.3) is 0 Å². The van der Waals surface area contributed by atoms with E-state index in [1.807, 2.05) is 37.2 Å². The normalized spacial score (nSPS) is 11.3. The fourth-order valence-electron chi connectivity index (χ4n) is 2.52. The summed E-state index contributed by atoms with van der Waals surface area (Å²) in [5, 5.41) is 5.30. The molecule has 0 aliphatic heterocycles. The van der Waals surface area contributed by atoms with Crippen molar-refractivity contribution in [2.75, 3.05) is 38.5 Å². The first-order valence-corrected chi connectivity index (χ1v) is 8.47. The molecule has 0 spiro atoms. The lowest BCUT2D eigenvalue weighted by molar-refractivity contribution is -0.136. The first-order chi connectivity index (χ1) is 12.8. The first kappa shape index (κ1) is 20.1. The number of rotatable bonds is 6. The van der Waals surface area contributed by atoms with Gasteiger partial charge in [-0.2, -0.15) is 0 Å². The van der Waals surface area contributed by atoms with Crippen LogP contribution in [0.1, 0.15) is 18.5 Å². The van der Waals surface area contributed by atoms with E-state index >= 15 is 0 Å². The number of carbonyl (C=O) groups is 2. The van der Waals surface area contributed by atoms with Crippen LogP contribution in [0.4, 0.5) is 11.4 Å². The van der Waals surface area contributed by atoms with Gasteiger partial charge in [-0.15, -0.1) is 0 Å². The van der Waals surface area contributed by atoms with Crippen LogP contribution in [0.3, 0.4) is 0 Å². The quantitative estimate of drug-likeness (QED) is 0.763. The fraction of sp³-hybridized carbons (Fsp3) is 0.300. The van der Waals surface area contributed by atoms with Crippen LogP contribution in [0.5, 0.6) is 11.5 Å². The number of benzene rings is 2. The Balaban J connectivity index is 2.03. The van der Waals surface area contributed by atoms with Crippen LogP contribution in [0.25, 0.3) is 0 Å². The van der Waals surface area contributed by atoms with Crippen molar-refractivity contribution in [3.63, 3.8) is 0 Å². The smallest absolute Gasteiger partial charge is 0.313 e. The summed E-state index contributed by atoms with van der Waals surface area (Å²) in [5.41, 5.74) is 2.27. The van der Waals surface area contributed by atoms with Crippen LogP contribution in [0.2, 0.25) is 0 Å². The van der Waals surface area contributed by atoms with Crippen molar-refractivity contribution in [3.05, 3.63) is 48.0 Å². The van der Waals surface area contributed by atoms with E-state index in [9.17, 15) is 9.59 Å². The van der Waals surface area contributed by atoms with Crippen LogP contribution < -0.4 is 25.0 Å². The number of amides is 2. The second kappa shape index (κ2) is 8.93. The van der Waals surface area contributed by atoms with Crippen molar-refractivity contribution in [2.45, 2.75) is 13.0 Å². The van der Waals surface area contributed by atoms with Crippen molar-refractivity contribution in [1.82, 2.24) is 5.32 Å². The van der Waals surface area contributed by atoms with E-state index in [0.717, 1.165) is 11.3 Å². The van der Waals surface area contributed by atoms with Crippen molar-refractivity contribution >= 4 is 23.2 Å². The maximum atomic E-state index is 12.2. The van der Waals surface area contributed by atoms with E-state index in [2.05, 4.69) is 10.6 Å². The lowest BCUT2D eigenvalue weighted by Gasteiger charge is -2.17. The molecule has 0 aromatic heterocycles. The summed E-state index contributed by atoms with van der Waals surface area (Å²) in [5.74, 6) is -0.287. The van der Waals surface area contributed by atoms with E-state index < -0.39 is 11.8 Å². The highest BCUT2D eigenvalue weighted by Crippen LogP contribution is 2.29. The predicted molar refractivity (Wildman–Crippen MR) is 106 cm³/mol. The Morgan fingerprint density at radius 3 is 2.30 bits per heavy atom. The molecule has 2 N–H and O–H groups in total. The maximum Gasteiger partial charge on any atom is 0.313 e. The van der Waals surface area contributed by atoms with Crippen molar-refractivity contribution in [3.8, 4) is 11.5 Å². The minimum Gasteiger partial charge on any atom is -0.493 e. The van der Waals surface area contributed by atoms with Gasteiger partial charge in [0.05, 0.1) is 20.3 Å². The molecule has 0 aliphatic carbocycles. The molecular formula is C20H25N3O4. The minimum atomic E-state index is -0.724. The molecule has 7 heteroatoms. The zero-order valence-electron chi connectivity index (χ0n) is 16.2. The monoisotopic (exact) mass is 371 g/mol. The number of methoxy groups -OCH3 is 2. The van der Waals surface area contributed by atoms with Gasteiger partial charge < -0.3 is 25.0 Å². The molecule has 0 fully saturated rings. The highest BCUT2D eigenvalue weighted by Gasteiger charge is 2.18. The Hall–Kier alpha value is -3.22. The molecule has 0 heterocycles. The molecule has 0 aliphatic rings. The lowest BCUT2D eigenvalue weighted by Crippen LogP contribution is -2.36. The number of nitrogens with one attached hydrogen (secondary N) is 2. The standard InChI is InChI=1S/C20H25N3O4/c1-13(14-9-10-17(26-4)18(11-14)27-5)21-19(24)20(25)22-15-7-6-8-16(12-15)23(2)3/h6-13H,1-5H3,(H,21,24)(H,22,25). The van der Waals surface area contributed by atoms with Gasteiger partial charge in [0.2, 0.25) is 0 Å². The molecule has 2 aromatic carbocycles. The summed E-state index contributed by atoms with van der Waals surface area (Å²) in [4.78, 5) is 26.4. The van der Waals surface area contributed by atoms with Crippen molar-refractivity contribution in [1.29, 1.82) is 0 Å². The van der Waals surface area contributed by atoms with Crippen LogP contribution in [-0.4, -0.2) is 40.1 Å². The van der Waals surface area contributed by atoms with Crippen LogP contribution in [0, 0.1) is 0 Å². The molecule has 1 unspecified atom stereocenters. The van der Waals surface area contributed by atoms with Gasteiger partial charge in [0.1, 0.15) is 0 Å². The number of hydrogen-bond acceptors (Lipinski definition) is 5. The topological polar surface area (TPSA) is 79.9 Å². The van der Waals surface area contributed by atoms with Gasteiger partial charge in [-0.3, -0.25) is 9.59 Å². The third kappa shape index (κ3) is 5.13. The molecule has 2 amide bonds. The summed E-state index contributed by atoms with van der Waals surface area (Å²) in [6, 6.07) is 12.2. The van der Waals surface area contributed by atoms with Gasteiger partial charge in [-0.05, 0) is 42.8 Å². The SMILES string of the molecule is COc1ccc(C(C)NC(=O)C(=O)Nc2cccc(N(C)C)c2)cc1OC. The Labute approximate surface area is 159 Å². The van der Waals surface area contributed by atoms with Gasteiger partial charge in [-0.1, -0.05) is 12.1 Å². The maximum absolute atomic E-state index is 12.2. The van der Waals surface area contributed by atoms with Gasteiger partial charge in [-0.25, -0.2) is 0 Å². The van der Waals surface area contributed by atoms with E-state index in [0.29, 0.717) is 17.2 Å². The predicted octanol–water partition coefficient (Wildman–Crippen LogP) is 2.59. The molecule has 0 saturated heterocycles. The lowest BCUT2D eigenvalue weighted by atomic mass is 10.1. The summed E-state index contributed by atoms with van der Waals surface area (Å²) < 4.78 is 10.5. The van der Waals surface area contributed by atoms with Crippen molar-refractivity contribution < 1.29 is 19.1 Å². The molecule has 1 atom stereocenters. The second-order valence-corrected chi connectivity index (χ2v) is 6.21. The zero-order valence-corrected chi connectivity index (χ0v) is 16.2. The third-order valence-electron chi connectivity index (χ3n) is 4.08. The molecule has 0 saturated carbocycles. The Morgan fingerprint density at radius 1 is 0.963 bits per heavy atom. The molecule has 7 nitrogen and oxygen atoms in total. The summed E-state index contributed by atoms with van der Waals surface area (Å²) in [6.45, 7) is 1.79. The van der Waals surface area contributed by atoms with Crippen molar-refractivity contribution in [2.24, 2.45) is 0 Å². The van der Waals surface area contributed by atoms with E-state index in [-0.39, 0.29) is 6.04 Å². The van der Waals surface area contributed by atoms with Crippen LogP contribution >= 0.6 is 0 Å². The average molecular weight is 371 g/mol. The Morgan fingerprint density at radius 2 is 1.67 bits per heavy atom. The molecule has 27 heavy (non-hydrogen) atoms. The third-order valence-corrected chi connectivity index (χ3v) is 4.08. The zero-order chi connectivity index (χ0) is 20.0. The van der Waals surface area contributed by atoms with Crippen LogP contribution in [-0.2, 0) is 9.59 Å². The molecule has 2 aromatic rings. The number of anilines is 2. The van der Waals surface area contributed by atoms with Gasteiger partial charge in [0.15, 0.2) is 11.5 Å². The van der Waals surface area contributed by atoms with Gasteiger partial charge in [0, 0.05) is 25.5 Å². The molecule has 2 rings (SSSR count). The Kier molecular flexibility index (Phi) is 6.65. The Bertz CT molecular complexity index is 821. The largest absolute Gasteiger partial charge is 0.493 e. The molecule has 144 valence electrons. The number of carbonyl (C=O) groups excluding carboxylic acids is 2. The number of nitrogens with zero attached hydrogens (tertiary/aromatic N) is 1. The van der Waals surface area contributed by atoms with E-state index in [1.54, 1.807) is 45.4 Å².